The van der Waals surface area contributed by atoms with Gasteiger partial charge in [0.2, 0.25) is 11.7 Å². The summed E-state index contributed by atoms with van der Waals surface area (Å²) < 4.78 is 2.40. The first-order chi connectivity index (χ1) is 9.86. The Labute approximate surface area is 129 Å². The number of aryl methyl sites for hydroxylation is 2. The number of carbonyl (C=O) groups is 1. The van der Waals surface area contributed by atoms with Crippen LogP contribution in [-0.2, 0) is 11.3 Å². The predicted molar refractivity (Wildman–Crippen MR) is 81.1 cm³/mol. The SMILES string of the molecule is Cc1cc(NC(=O)Cn2cc([N+](=O)[O-])nc2C)ccc1Br. The highest BCUT2D eigenvalue weighted by atomic mass is 79.9. The van der Waals surface area contributed by atoms with Gasteiger partial charge in [0.25, 0.3) is 0 Å². The van der Waals surface area contributed by atoms with E-state index in [1.54, 1.807) is 13.0 Å². The van der Waals surface area contributed by atoms with Crippen molar-refractivity contribution in [3.8, 4) is 0 Å². The van der Waals surface area contributed by atoms with E-state index < -0.39 is 4.92 Å². The van der Waals surface area contributed by atoms with Gasteiger partial charge in [-0.05, 0) is 40.6 Å². The van der Waals surface area contributed by atoms with Gasteiger partial charge < -0.3 is 15.4 Å². The maximum atomic E-state index is 12.0. The van der Waals surface area contributed by atoms with Crippen LogP contribution in [0.4, 0.5) is 11.5 Å². The molecule has 1 aromatic heterocycles. The fourth-order valence-corrected chi connectivity index (χ4v) is 2.06. The van der Waals surface area contributed by atoms with Gasteiger partial charge in [-0.1, -0.05) is 15.9 Å². The summed E-state index contributed by atoms with van der Waals surface area (Å²) in [5, 5.41) is 13.4. The van der Waals surface area contributed by atoms with Gasteiger partial charge >= 0.3 is 5.82 Å². The van der Waals surface area contributed by atoms with Crippen LogP contribution in [0.3, 0.4) is 0 Å². The third-order valence-corrected chi connectivity index (χ3v) is 3.80. The normalized spacial score (nSPS) is 10.4. The highest BCUT2D eigenvalue weighted by Gasteiger charge is 2.16. The van der Waals surface area contributed by atoms with E-state index in [2.05, 4.69) is 26.2 Å². The molecule has 0 aliphatic heterocycles. The second-order valence-corrected chi connectivity index (χ2v) is 5.40. The first kappa shape index (κ1) is 15.2. The zero-order valence-electron chi connectivity index (χ0n) is 11.5. The molecule has 0 aliphatic carbocycles. The monoisotopic (exact) mass is 352 g/mol. The lowest BCUT2D eigenvalue weighted by Gasteiger charge is -2.07. The number of hydrogen-bond acceptors (Lipinski definition) is 4. The van der Waals surface area contributed by atoms with Crippen molar-refractivity contribution < 1.29 is 9.72 Å². The number of imidazole rings is 1. The first-order valence-corrected chi connectivity index (χ1v) is 6.90. The van der Waals surface area contributed by atoms with Gasteiger partial charge in [0.1, 0.15) is 12.7 Å². The molecular formula is C13H13BrN4O3. The zero-order valence-corrected chi connectivity index (χ0v) is 13.0. The minimum Gasteiger partial charge on any atom is -0.358 e. The topological polar surface area (TPSA) is 90.1 Å². The molecule has 110 valence electrons. The molecule has 1 N–H and O–H groups in total. The van der Waals surface area contributed by atoms with Crippen molar-refractivity contribution in [2.45, 2.75) is 20.4 Å². The molecule has 1 heterocycles. The number of benzene rings is 1. The second kappa shape index (κ2) is 6.04. The summed E-state index contributed by atoms with van der Waals surface area (Å²) in [5.74, 6) is -0.115. The van der Waals surface area contributed by atoms with E-state index in [9.17, 15) is 14.9 Å². The second-order valence-electron chi connectivity index (χ2n) is 4.54. The summed E-state index contributed by atoms with van der Waals surface area (Å²) >= 11 is 3.39. The van der Waals surface area contributed by atoms with Crippen molar-refractivity contribution in [2.24, 2.45) is 0 Å². The van der Waals surface area contributed by atoms with Gasteiger partial charge in [-0.15, -0.1) is 0 Å². The molecule has 0 atom stereocenters. The van der Waals surface area contributed by atoms with E-state index in [0.29, 0.717) is 11.5 Å². The Balaban J connectivity index is 2.07. The standard InChI is InChI=1S/C13H13BrN4O3/c1-8-5-10(3-4-11(8)14)16-13(19)7-17-6-12(18(20)21)15-9(17)2/h3-6H,7H2,1-2H3,(H,16,19). The van der Waals surface area contributed by atoms with Crippen molar-refractivity contribution in [2.75, 3.05) is 5.32 Å². The number of aromatic nitrogens is 2. The fourth-order valence-electron chi connectivity index (χ4n) is 1.82. The lowest BCUT2D eigenvalue weighted by Crippen LogP contribution is -2.19. The molecule has 0 bridgehead atoms. The van der Waals surface area contributed by atoms with Crippen LogP contribution in [0.25, 0.3) is 0 Å². The van der Waals surface area contributed by atoms with Crippen molar-refractivity contribution in [3.63, 3.8) is 0 Å². The number of anilines is 1. The van der Waals surface area contributed by atoms with Crippen LogP contribution in [0.1, 0.15) is 11.4 Å². The summed E-state index contributed by atoms with van der Waals surface area (Å²) in [6, 6.07) is 5.46. The van der Waals surface area contributed by atoms with Crippen LogP contribution in [0, 0.1) is 24.0 Å². The van der Waals surface area contributed by atoms with E-state index in [0.717, 1.165) is 10.0 Å². The average Bonchev–Trinajstić information content (AvgIpc) is 2.76. The smallest absolute Gasteiger partial charge is 0.358 e. The Morgan fingerprint density at radius 2 is 2.19 bits per heavy atom. The molecule has 0 fully saturated rings. The molecule has 21 heavy (non-hydrogen) atoms. The van der Waals surface area contributed by atoms with Gasteiger partial charge in [-0.3, -0.25) is 9.36 Å². The number of amides is 1. The van der Waals surface area contributed by atoms with Crippen LogP contribution < -0.4 is 5.32 Å². The van der Waals surface area contributed by atoms with E-state index in [1.165, 1.54) is 10.8 Å². The first-order valence-electron chi connectivity index (χ1n) is 6.11. The quantitative estimate of drug-likeness (QED) is 0.676. The third-order valence-electron chi connectivity index (χ3n) is 2.91. The zero-order chi connectivity index (χ0) is 15.6. The van der Waals surface area contributed by atoms with Gasteiger partial charge in [0, 0.05) is 17.1 Å². The molecule has 0 radical (unpaired) electrons. The van der Waals surface area contributed by atoms with Crippen molar-refractivity contribution in [3.05, 3.63) is 50.4 Å². The highest BCUT2D eigenvalue weighted by molar-refractivity contribution is 9.10. The van der Waals surface area contributed by atoms with E-state index in [-0.39, 0.29) is 18.3 Å². The van der Waals surface area contributed by atoms with E-state index in [4.69, 9.17) is 0 Å². The number of nitro groups is 1. The number of carbonyl (C=O) groups excluding carboxylic acids is 1. The number of nitrogens with one attached hydrogen (secondary N) is 1. The van der Waals surface area contributed by atoms with Crippen LogP contribution in [-0.4, -0.2) is 20.4 Å². The van der Waals surface area contributed by atoms with Crippen LogP contribution in [0.2, 0.25) is 0 Å². The van der Waals surface area contributed by atoms with Gasteiger partial charge in [0.05, 0.1) is 0 Å². The average molecular weight is 353 g/mol. The van der Waals surface area contributed by atoms with Crippen molar-refractivity contribution >= 4 is 33.3 Å². The Morgan fingerprint density at radius 1 is 1.48 bits per heavy atom. The predicted octanol–water partition coefficient (Wildman–Crippen LogP) is 2.81. The van der Waals surface area contributed by atoms with E-state index >= 15 is 0 Å². The molecule has 0 saturated carbocycles. The van der Waals surface area contributed by atoms with Crippen molar-refractivity contribution in [1.82, 2.24) is 9.55 Å². The Hall–Kier alpha value is -2.22. The molecule has 0 saturated heterocycles. The molecule has 2 rings (SSSR count). The van der Waals surface area contributed by atoms with Gasteiger partial charge in [-0.2, -0.15) is 0 Å². The van der Waals surface area contributed by atoms with Gasteiger partial charge in [0.15, 0.2) is 0 Å². The molecule has 8 heteroatoms. The summed E-state index contributed by atoms with van der Waals surface area (Å²) in [6.07, 6.45) is 1.25. The maximum absolute atomic E-state index is 12.0. The molecule has 0 spiro atoms. The lowest BCUT2D eigenvalue weighted by molar-refractivity contribution is -0.389. The minimum atomic E-state index is -0.584. The molecule has 2 aromatic rings. The lowest BCUT2D eigenvalue weighted by atomic mass is 10.2. The van der Waals surface area contributed by atoms with Crippen molar-refractivity contribution in [1.29, 1.82) is 0 Å². The molecule has 0 aliphatic rings. The number of halogens is 1. The number of hydrogen-bond donors (Lipinski definition) is 1. The maximum Gasteiger partial charge on any atom is 0.381 e. The molecule has 0 unspecified atom stereocenters. The summed E-state index contributed by atoms with van der Waals surface area (Å²) in [4.78, 5) is 25.8. The van der Waals surface area contributed by atoms with Crippen LogP contribution in [0.5, 0.6) is 0 Å². The molecule has 7 nitrogen and oxygen atoms in total. The Kier molecular flexibility index (Phi) is 4.37. The van der Waals surface area contributed by atoms with Gasteiger partial charge in [-0.25, -0.2) is 0 Å². The summed E-state index contributed by atoms with van der Waals surface area (Å²) in [7, 11) is 0. The molecule has 1 amide bonds. The van der Waals surface area contributed by atoms with Crippen LogP contribution in [0.15, 0.2) is 28.9 Å². The third kappa shape index (κ3) is 3.66. The number of rotatable bonds is 4. The largest absolute Gasteiger partial charge is 0.381 e. The number of nitrogens with zero attached hydrogens (tertiary/aromatic N) is 3. The molecule has 1 aromatic carbocycles. The Bertz CT molecular complexity index is 711. The van der Waals surface area contributed by atoms with Crippen LogP contribution >= 0.6 is 15.9 Å². The summed E-state index contributed by atoms with van der Waals surface area (Å²) in [5.41, 5.74) is 1.68. The van der Waals surface area contributed by atoms with E-state index in [1.807, 2.05) is 19.1 Å². The fraction of sp³-hybridized carbons (Fsp3) is 0.231. The molecular weight excluding hydrogens is 340 g/mol. The summed E-state index contributed by atoms with van der Waals surface area (Å²) in [6.45, 7) is 3.51. The Morgan fingerprint density at radius 3 is 2.76 bits per heavy atom. The minimum absolute atomic E-state index is 0.0260. The highest BCUT2D eigenvalue weighted by Crippen LogP contribution is 2.20.